The van der Waals surface area contributed by atoms with Crippen LogP contribution in [0.5, 0.6) is 0 Å². The number of nitrogens with two attached hydrogens (primary N) is 1. The summed E-state index contributed by atoms with van der Waals surface area (Å²) in [6.07, 6.45) is 0.994. The Morgan fingerprint density at radius 2 is 2.33 bits per heavy atom. The first-order valence-corrected chi connectivity index (χ1v) is 3.49. The lowest BCUT2D eigenvalue weighted by atomic mass is 9.84. The summed E-state index contributed by atoms with van der Waals surface area (Å²) >= 11 is 0. The van der Waals surface area contributed by atoms with Crippen molar-refractivity contribution < 1.29 is 4.74 Å². The van der Waals surface area contributed by atoms with Gasteiger partial charge in [-0.15, -0.1) is 0 Å². The van der Waals surface area contributed by atoms with Gasteiger partial charge in [-0.25, -0.2) is 0 Å². The summed E-state index contributed by atoms with van der Waals surface area (Å²) in [6.45, 7) is 5.89. The Morgan fingerprint density at radius 1 is 1.67 bits per heavy atom. The fourth-order valence-corrected chi connectivity index (χ4v) is 0.989. The van der Waals surface area contributed by atoms with E-state index < -0.39 is 0 Å². The predicted molar refractivity (Wildman–Crippen MR) is 37.2 cm³/mol. The van der Waals surface area contributed by atoms with Gasteiger partial charge in [0.25, 0.3) is 0 Å². The van der Waals surface area contributed by atoms with Gasteiger partial charge < -0.3 is 10.5 Å². The van der Waals surface area contributed by atoms with Crippen molar-refractivity contribution in [1.29, 1.82) is 0 Å². The lowest BCUT2D eigenvalue weighted by Gasteiger charge is -2.35. The molecule has 0 aromatic carbocycles. The maximum Gasteiger partial charge on any atom is 0.0509 e. The average Bonchev–Trinajstić information content (AvgIpc) is 1.77. The molecular weight excluding hydrogens is 114 g/mol. The SMILES string of the molecule is CC1COCC[C@@]1(C)N. The maximum absolute atomic E-state index is 5.94. The minimum atomic E-state index is 0.0122. The van der Waals surface area contributed by atoms with E-state index in [-0.39, 0.29) is 5.54 Å². The van der Waals surface area contributed by atoms with Crippen molar-refractivity contribution in [2.24, 2.45) is 11.7 Å². The molecule has 1 unspecified atom stereocenters. The first-order valence-electron chi connectivity index (χ1n) is 3.49. The van der Waals surface area contributed by atoms with Crippen molar-refractivity contribution in [2.75, 3.05) is 13.2 Å². The van der Waals surface area contributed by atoms with Crippen LogP contribution in [0.2, 0.25) is 0 Å². The van der Waals surface area contributed by atoms with E-state index in [0.717, 1.165) is 19.6 Å². The molecule has 1 fully saturated rings. The molecule has 0 radical (unpaired) electrons. The summed E-state index contributed by atoms with van der Waals surface area (Å²) in [5.74, 6) is 0.506. The first kappa shape index (κ1) is 7.03. The standard InChI is InChI=1S/C7H15NO/c1-6-5-9-4-3-7(6,2)8/h6H,3-5,8H2,1-2H3/t6?,7-/m1/s1. The lowest BCUT2D eigenvalue weighted by molar-refractivity contribution is 0.0164. The van der Waals surface area contributed by atoms with Gasteiger partial charge in [0, 0.05) is 12.1 Å². The molecule has 0 aromatic heterocycles. The molecule has 0 saturated carbocycles. The monoisotopic (exact) mass is 129 g/mol. The van der Waals surface area contributed by atoms with Crippen molar-refractivity contribution >= 4 is 0 Å². The molecule has 0 aliphatic carbocycles. The number of hydrogen-bond acceptors (Lipinski definition) is 2. The molecule has 1 saturated heterocycles. The molecule has 2 nitrogen and oxygen atoms in total. The fourth-order valence-electron chi connectivity index (χ4n) is 0.989. The zero-order valence-corrected chi connectivity index (χ0v) is 6.18. The molecule has 1 aliphatic heterocycles. The second-order valence-corrected chi connectivity index (χ2v) is 3.23. The van der Waals surface area contributed by atoms with E-state index in [4.69, 9.17) is 10.5 Å². The number of ether oxygens (including phenoxy) is 1. The Bertz CT molecular complexity index is 101. The molecule has 0 spiro atoms. The third-order valence-corrected chi connectivity index (χ3v) is 2.28. The molecular formula is C7H15NO. The predicted octanol–water partition coefficient (Wildman–Crippen LogP) is 0.760. The van der Waals surface area contributed by atoms with Crippen molar-refractivity contribution in [2.45, 2.75) is 25.8 Å². The van der Waals surface area contributed by atoms with Gasteiger partial charge in [-0.1, -0.05) is 6.92 Å². The van der Waals surface area contributed by atoms with Crippen LogP contribution in [0.4, 0.5) is 0 Å². The van der Waals surface area contributed by atoms with Gasteiger partial charge in [-0.3, -0.25) is 0 Å². The van der Waals surface area contributed by atoms with Gasteiger partial charge in [0.15, 0.2) is 0 Å². The highest BCUT2D eigenvalue weighted by Gasteiger charge is 2.29. The van der Waals surface area contributed by atoms with E-state index in [1.54, 1.807) is 0 Å². The van der Waals surface area contributed by atoms with Crippen molar-refractivity contribution in [3.8, 4) is 0 Å². The van der Waals surface area contributed by atoms with E-state index in [1.165, 1.54) is 0 Å². The van der Waals surface area contributed by atoms with Crippen LogP contribution in [-0.4, -0.2) is 18.8 Å². The van der Waals surface area contributed by atoms with Gasteiger partial charge in [0.1, 0.15) is 0 Å². The minimum absolute atomic E-state index is 0.0122. The van der Waals surface area contributed by atoms with E-state index in [2.05, 4.69) is 13.8 Å². The normalized spacial score (nSPS) is 45.0. The Balaban J connectivity index is 2.49. The second kappa shape index (κ2) is 2.27. The molecule has 0 bridgehead atoms. The van der Waals surface area contributed by atoms with E-state index in [0.29, 0.717) is 5.92 Å². The zero-order valence-electron chi connectivity index (χ0n) is 6.18. The topological polar surface area (TPSA) is 35.2 Å². The molecule has 1 heterocycles. The fraction of sp³-hybridized carbons (Fsp3) is 1.00. The number of hydrogen-bond donors (Lipinski definition) is 1. The third-order valence-electron chi connectivity index (χ3n) is 2.28. The Labute approximate surface area is 56.4 Å². The highest BCUT2D eigenvalue weighted by Crippen LogP contribution is 2.22. The van der Waals surface area contributed by atoms with Crippen molar-refractivity contribution in [1.82, 2.24) is 0 Å². The van der Waals surface area contributed by atoms with Gasteiger partial charge in [-0.05, 0) is 19.3 Å². The van der Waals surface area contributed by atoms with E-state index >= 15 is 0 Å². The molecule has 2 atom stereocenters. The van der Waals surface area contributed by atoms with Crippen LogP contribution < -0.4 is 5.73 Å². The van der Waals surface area contributed by atoms with Crippen LogP contribution in [0.15, 0.2) is 0 Å². The van der Waals surface area contributed by atoms with Crippen molar-refractivity contribution in [3.05, 3.63) is 0 Å². The molecule has 2 N–H and O–H groups in total. The molecule has 0 aromatic rings. The maximum atomic E-state index is 5.94. The Hall–Kier alpha value is -0.0800. The molecule has 1 rings (SSSR count). The highest BCUT2D eigenvalue weighted by atomic mass is 16.5. The largest absolute Gasteiger partial charge is 0.381 e. The minimum Gasteiger partial charge on any atom is -0.381 e. The summed E-state index contributed by atoms with van der Waals surface area (Å²) in [5, 5.41) is 0. The van der Waals surface area contributed by atoms with E-state index in [1.807, 2.05) is 0 Å². The summed E-state index contributed by atoms with van der Waals surface area (Å²) in [4.78, 5) is 0. The van der Waals surface area contributed by atoms with Gasteiger partial charge in [0.2, 0.25) is 0 Å². The summed E-state index contributed by atoms with van der Waals surface area (Å²) in [6, 6.07) is 0. The Kier molecular flexibility index (Phi) is 1.78. The average molecular weight is 129 g/mol. The number of rotatable bonds is 0. The Morgan fingerprint density at radius 3 is 2.67 bits per heavy atom. The van der Waals surface area contributed by atoms with Crippen LogP contribution in [0, 0.1) is 5.92 Å². The zero-order chi connectivity index (χ0) is 6.91. The molecule has 0 amide bonds. The lowest BCUT2D eigenvalue weighted by Crippen LogP contribution is -2.48. The summed E-state index contributed by atoms with van der Waals surface area (Å²) in [5.41, 5.74) is 5.95. The molecule has 54 valence electrons. The molecule has 2 heteroatoms. The smallest absolute Gasteiger partial charge is 0.0509 e. The second-order valence-electron chi connectivity index (χ2n) is 3.23. The van der Waals surface area contributed by atoms with Crippen LogP contribution in [-0.2, 0) is 4.74 Å². The first-order chi connectivity index (χ1) is 4.13. The van der Waals surface area contributed by atoms with Crippen LogP contribution in [0.25, 0.3) is 0 Å². The van der Waals surface area contributed by atoms with Gasteiger partial charge in [-0.2, -0.15) is 0 Å². The highest BCUT2D eigenvalue weighted by molar-refractivity contribution is 4.86. The van der Waals surface area contributed by atoms with Gasteiger partial charge in [0.05, 0.1) is 6.61 Å². The summed E-state index contributed by atoms with van der Waals surface area (Å²) in [7, 11) is 0. The van der Waals surface area contributed by atoms with Crippen LogP contribution in [0.3, 0.4) is 0 Å². The van der Waals surface area contributed by atoms with Crippen LogP contribution >= 0.6 is 0 Å². The van der Waals surface area contributed by atoms with Gasteiger partial charge >= 0.3 is 0 Å². The van der Waals surface area contributed by atoms with Crippen LogP contribution in [0.1, 0.15) is 20.3 Å². The van der Waals surface area contributed by atoms with Crippen molar-refractivity contribution in [3.63, 3.8) is 0 Å². The third kappa shape index (κ3) is 1.43. The molecule has 1 aliphatic rings. The quantitative estimate of drug-likeness (QED) is 0.524. The summed E-state index contributed by atoms with van der Waals surface area (Å²) < 4.78 is 5.24. The molecule has 9 heavy (non-hydrogen) atoms. The van der Waals surface area contributed by atoms with E-state index in [9.17, 15) is 0 Å².